The van der Waals surface area contributed by atoms with Gasteiger partial charge >= 0.3 is 5.97 Å². The average Bonchev–Trinajstić information content (AvgIpc) is 3.28. The lowest BCUT2D eigenvalue weighted by atomic mass is 9.93. The minimum atomic E-state index is -0.715. The lowest BCUT2D eigenvalue weighted by molar-refractivity contribution is -0.138. The molecule has 0 bridgehead atoms. The van der Waals surface area contributed by atoms with E-state index in [-0.39, 0.29) is 18.3 Å². The third kappa shape index (κ3) is 6.12. The molecule has 210 valence electrons. The van der Waals surface area contributed by atoms with Gasteiger partial charge in [0.15, 0.2) is 4.80 Å². The molecule has 0 fully saturated rings. The van der Waals surface area contributed by atoms with Crippen LogP contribution in [0, 0.1) is 0 Å². The SMILES string of the molecule is CCOC(=O)C1=C(c2ccccc2)N=c2s/c(=C/c3cc(Br)ccc3OC(C)C)c(=O)n2[C@@H]1c1ccc(SC)cc1. The molecule has 0 saturated heterocycles. The predicted octanol–water partition coefficient (Wildman–Crippen LogP) is 6.21. The van der Waals surface area contributed by atoms with Crippen molar-refractivity contribution in [3.63, 3.8) is 0 Å². The molecule has 1 atom stereocenters. The number of halogens is 1. The van der Waals surface area contributed by atoms with Crippen LogP contribution in [0.4, 0.5) is 0 Å². The Balaban J connectivity index is 1.81. The maximum Gasteiger partial charge on any atom is 0.338 e. The predicted molar refractivity (Wildman–Crippen MR) is 169 cm³/mol. The highest BCUT2D eigenvalue weighted by Crippen LogP contribution is 2.35. The van der Waals surface area contributed by atoms with Crippen molar-refractivity contribution in [3.8, 4) is 5.75 Å². The second-order valence-electron chi connectivity index (χ2n) is 9.55. The average molecular weight is 650 g/mol. The molecule has 0 aliphatic carbocycles. The van der Waals surface area contributed by atoms with E-state index in [9.17, 15) is 9.59 Å². The van der Waals surface area contributed by atoms with E-state index in [4.69, 9.17) is 14.5 Å². The highest BCUT2D eigenvalue weighted by molar-refractivity contribution is 9.10. The van der Waals surface area contributed by atoms with E-state index in [2.05, 4.69) is 15.9 Å². The normalized spacial score (nSPS) is 15.1. The molecule has 6 nitrogen and oxygen atoms in total. The fraction of sp³-hybridized carbons (Fsp3) is 0.219. The smallest absolute Gasteiger partial charge is 0.338 e. The molecule has 1 aromatic heterocycles. The van der Waals surface area contributed by atoms with Crippen LogP contribution in [-0.4, -0.2) is 29.5 Å². The molecule has 0 saturated carbocycles. The Kier molecular flexibility index (Phi) is 8.97. The Morgan fingerprint density at radius 2 is 1.85 bits per heavy atom. The number of benzene rings is 3. The number of thiazole rings is 1. The van der Waals surface area contributed by atoms with Crippen LogP contribution in [-0.2, 0) is 9.53 Å². The number of fused-ring (bicyclic) bond motifs is 1. The number of rotatable bonds is 8. The Labute approximate surface area is 255 Å². The number of esters is 1. The van der Waals surface area contributed by atoms with Crippen LogP contribution in [0.3, 0.4) is 0 Å². The van der Waals surface area contributed by atoms with Gasteiger partial charge in [-0.2, -0.15) is 0 Å². The summed E-state index contributed by atoms with van der Waals surface area (Å²) in [5, 5.41) is 0. The van der Waals surface area contributed by atoms with Gasteiger partial charge in [0.1, 0.15) is 5.75 Å². The van der Waals surface area contributed by atoms with E-state index in [1.54, 1.807) is 23.3 Å². The van der Waals surface area contributed by atoms with Crippen LogP contribution in [0.2, 0.25) is 0 Å². The highest BCUT2D eigenvalue weighted by atomic mass is 79.9. The van der Waals surface area contributed by atoms with Gasteiger partial charge in [0.25, 0.3) is 5.56 Å². The van der Waals surface area contributed by atoms with Crippen molar-refractivity contribution in [1.82, 2.24) is 4.57 Å². The number of carbonyl (C=O) groups excluding carboxylic acids is 1. The quantitative estimate of drug-likeness (QED) is 0.168. The molecule has 5 rings (SSSR count). The fourth-order valence-corrected chi connectivity index (χ4v) is 6.46. The molecule has 0 spiro atoms. The summed E-state index contributed by atoms with van der Waals surface area (Å²) < 4.78 is 14.5. The Morgan fingerprint density at radius 3 is 2.51 bits per heavy atom. The third-order valence-electron chi connectivity index (χ3n) is 6.43. The van der Waals surface area contributed by atoms with E-state index in [0.29, 0.717) is 26.4 Å². The number of hydrogen-bond acceptors (Lipinski definition) is 7. The topological polar surface area (TPSA) is 69.9 Å². The summed E-state index contributed by atoms with van der Waals surface area (Å²) in [6, 6.07) is 22.5. The van der Waals surface area contributed by atoms with Crippen molar-refractivity contribution in [2.24, 2.45) is 4.99 Å². The van der Waals surface area contributed by atoms with E-state index in [0.717, 1.165) is 26.1 Å². The molecule has 4 aromatic rings. The fourth-order valence-electron chi connectivity index (χ4n) is 4.68. The number of ether oxygens (including phenoxy) is 2. The zero-order valence-electron chi connectivity index (χ0n) is 23.1. The summed E-state index contributed by atoms with van der Waals surface area (Å²) in [5.74, 6) is 0.179. The van der Waals surface area contributed by atoms with E-state index < -0.39 is 12.0 Å². The first-order valence-corrected chi connectivity index (χ1v) is 16.0. The molecule has 0 amide bonds. The monoisotopic (exact) mass is 648 g/mol. The van der Waals surface area contributed by atoms with Gasteiger partial charge in [-0.15, -0.1) is 11.8 Å². The lowest BCUT2D eigenvalue weighted by Crippen LogP contribution is -2.40. The van der Waals surface area contributed by atoms with Gasteiger partial charge in [0.05, 0.1) is 34.6 Å². The molecule has 0 unspecified atom stereocenters. The van der Waals surface area contributed by atoms with Crippen molar-refractivity contribution >= 4 is 56.8 Å². The summed E-state index contributed by atoms with van der Waals surface area (Å²) in [6.45, 7) is 5.90. The largest absolute Gasteiger partial charge is 0.490 e. The molecule has 3 aromatic carbocycles. The number of hydrogen-bond donors (Lipinski definition) is 0. The minimum absolute atomic E-state index is 0.0330. The number of thioether (sulfide) groups is 1. The molecule has 2 heterocycles. The first-order valence-electron chi connectivity index (χ1n) is 13.2. The van der Waals surface area contributed by atoms with Crippen molar-refractivity contribution < 1.29 is 14.3 Å². The zero-order valence-corrected chi connectivity index (χ0v) is 26.3. The van der Waals surface area contributed by atoms with Crippen LogP contribution < -0.4 is 19.6 Å². The second kappa shape index (κ2) is 12.6. The Morgan fingerprint density at radius 1 is 1.12 bits per heavy atom. The van der Waals surface area contributed by atoms with Gasteiger partial charge in [-0.25, -0.2) is 9.79 Å². The van der Waals surface area contributed by atoms with Gasteiger partial charge in [0.2, 0.25) is 0 Å². The zero-order chi connectivity index (χ0) is 29.1. The molecular formula is C32H29BrN2O4S2. The highest BCUT2D eigenvalue weighted by Gasteiger charge is 2.35. The first-order chi connectivity index (χ1) is 19.8. The maximum atomic E-state index is 14.2. The third-order valence-corrected chi connectivity index (χ3v) is 8.65. The Bertz CT molecular complexity index is 1790. The van der Waals surface area contributed by atoms with Crippen molar-refractivity contribution in [2.75, 3.05) is 12.9 Å². The van der Waals surface area contributed by atoms with Crippen LogP contribution in [0.25, 0.3) is 11.8 Å². The van der Waals surface area contributed by atoms with Crippen LogP contribution in [0.5, 0.6) is 5.75 Å². The minimum Gasteiger partial charge on any atom is -0.490 e. The molecular weight excluding hydrogens is 620 g/mol. The van der Waals surface area contributed by atoms with E-state index in [1.807, 2.05) is 99.0 Å². The molecule has 0 N–H and O–H groups in total. The summed E-state index contributed by atoms with van der Waals surface area (Å²) in [5.41, 5.74) is 2.94. The number of nitrogens with zero attached hydrogens (tertiary/aromatic N) is 2. The second-order valence-corrected chi connectivity index (χ2v) is 12.4. The molecule has 0 radical (unpaired) electrons. The van der Waals surface area contributed by atoms with Gasteiger partial charge in [0, 0.05) is 20.5 Å². The lowest BCUT2D eigenvalue weighted by Gasteiger charge is -2.26. The van der Waals surface area contributed by atoms with Gasteiger partial charge in [-0.3, -0.25) is 9.36 Å². The summed E-state index contributed by atoms with van der Waals surface area (Å²) in [7, 11) is 0. The van der Waals surface area contributed by atoms with E-state index in [1.165, 1.54) is 11.3 Å². The van der Waals surface area contributed by atoms with Crippen molar-refractivity contribution in [2.45, 2.75) is 37.8 Å². The van der Waals surface area contributed by atoms with Gasteiger partial charge in [-0.05, 0) is 69.0 Å². The molecule has 41 heavy (non-hydrogen) atoms. The maximum absolute atomic E-state index is 14.2. The standard InChI is InChI=1S/C32H29BrN2O4S2/c1-5-38-31(37)27-28(20-9-7-6-8-10-20)34-32-35(29(27)21-11-14-24(40-4)15-12-21)30(36)26(41-32)18-22-17-23(33)13-16-25(22)39-19(2)3/h6-19,29H,5H2,1-4H3/b26-18+/t29-/m1/s1. The van der Waals surface area contributed by atoms with Crippen molar-refractivity contribution in [3.05, 3.63) is 119 Å². The first kappa shape index (κ1) is 29.1. The van der Waals surface area contributed by atoms with Crippen LogP contribution in [0.1, 0.15) is 43.5 Å². The van der Waals surface area contributed by atoms with Crippen LogP contribution in [0.15, 0.2) is 97.5 Å². The van der Waals surface area contributed by atoms with Crippen molar-refractivity contribution in [1.29, 1.82) is 0 Å². The summed E-state index contributed by atoms with van der Waals surface area (Å²) in [6.07, 6.45) is 3.81. The van der Waals surface area contributed by atoms with Gasteiger partial charge in [-0.1, -0.05) is 69.7 Å². The van der Waals surface area contributed by atoms with Gasteiger partial charge < -0.3 is 9.47 Å². The number of aromatic nitrogens is 1. The Hall–Kier alpha value is -3.40. The molecule has 1 aliphatic rings. The molecule has 9 heteroatoms. The van der Waals surface area contributed by atoms with E-state index >= 15 is 0 Å². The molecule has 1 aliphatic heterocycles. The summed E-state index contributed by atoms with van der Waals surface area (Å²) in [4.78, 5) is 34.3. The summed E-state index contributed by atoms with van der Waals surface area (Å²) >= 11 is 6.46. The van der Waals surface area contributed by atoms with Crippen LogP contribution >= 0.6 is 39.0 Å². The number of carbonyl (C=O) groups is 1.